The van der Waals surface area contributed by atoms with E-state index in [2.05, 4.69) is 11.1 Å². The number of imide groups is 1. The number of amidine groups is 1. The van der Waals surface area contributed by atoms with Gasteiger partial charge in [-0.2, -0.15) is 5.26 Å². The minimum atomic E-state index is -1.28. The van der Waals surface area contributed by atoms with Crippen LogP contribution in [0.3, 0.4) is 0 Å². The number of esters is 1. The maximum absolute atomic E-state index is 12.8. The number of amides is 2. The van der Waals surface area contributed by atoms with E-state index in [0.29, 0.717) is 23.0 Å². The third-order valence-electron chi connectivity index (χ3n) is 6.09. The molecule has 0 spiro atoms. The number of aliphatic imine (C=N–C) groups is 1. The van der Waals surface area contributed by atoms with Gasteiger partial charge in [-0.25, -0.2) is 4.79 Å². The van der Waals surface area contributed by atoms with Gasteiger partial charge in [-0.3, -0.25) is 19.5 Å². The van der Waals surface area contributed by atoms with E-state index >= 15 is 0 Å². The second kappa shape index (κ2) is 6.88. The number of hydrogen-bond acceptors (Lipinski definition) is 8. The van der Waals surface area contributed by atoms with Gasteiger partial charge in [0.05, 0.1) is 43.2 Å². The van der Waals surface area contributed by atoms with Gasteiger partial charge in [0.1, 0.15) is 5.54 Å². The van der Waals surface area contributed by atoms with Crippen molar-refractivity contribution in [3.63, 3.8) is 0 Å². The van der Waals surface area contributed by atoms with Gasteiger partial charge in [-0.05, 0) is 24.6 Å². The summed E-state index contributed by atoms with van der Waals surface area (Å²) in [6.45, 7) is 2.03. The van der Waals surface area contributed by atoms with Crippen LogP contribution in [0.2, 0.25) is 0 Å². The fourth-order valence-corrected chi connectivity index (χ4v) is 5.74. The number of nitriles is 1. The predicted octanol–water partition coefficient (Wildman–Crippen LogP) is 1.01. The van der Waals surface area contributed by atoms with Crippen molar-refractivity contribution in [1.29, 1.82) is 5.26 Å². The Balaban J connectivity index is 1.63. The summed E-state index contributed by atoms with van der Waals surface area (Å²) >= 11 is 1.45. The minimum Gasteiger partial charge on any atom is -0.467 e. The maximum Gasteiger partial charge on any atom is 0.332 e. The van der Waals surface area contributed by atoms with Crippen molar-refractivity contribution < 1.29 is 19.1 Å². The van der Waals surface area contributed by atoms with Gasteiger partial charge >= 0.3 is 5.97 Å². The number of ether oxygens (including phenoxy) is 1. The highest BCUT2D eigenvalue weighted by Gasteiger charge is 2.71. The quantitative estimate of drug-likeness (QED) is 0.539. The van der Waals surface area contributed by atoms with Gasteiger partial charge in [0, 0.05) is 12.8 Å². The number of nitrogens with zero attached hydrogens (tertiary/aromatic N) is 4. The molecule has 0 bridgehead atoms. The number of hydrogen-bond donors (Lipinski definition) is 0. The van der Waals surface area contributed by atoms with Crippen molar-refractivity contribution in [2.24, 2.45) is 16.8 Å². The molecule has 1 aromatic rings. The molecule has 9 heteroatoms. The number of carbonyl (C=O) groups is 3. The van der Waals surface area contributed by atoms with Gasteiger partial charge in [0.15, 0.2) is 5.17 Å². The zero-order valence-electron chi connectivity index (χ0n) is 16.3. The summed E-state index contributed by atoms with van der Waals surface area (Å²) in [5.41, 5.74) is 0.309. The monoisotopic (exact) mass is 412 g/mol. The summed E-state index contributed by atoms with van der Waals surface area (Å²) in [5, 5.41) is 9.55. The van der Waals surface area contributed by atoms with Crippen LogP contribution in [0, 0.1) is 23.2 Å². The zero-order valence-corrected chi connectivity index (χ0v) is 17.1. The molecule has 3 aliphatic rings. The molecule has 3 heterocycles. The molecule has 0 N–H and O–H groups in total. The van der Waals surface area contributed by atoms with Crippen LogP contribution in [0.5, 0.6) is 0 Å². The average Bonchev–Trinajstić information content (AvgIpc) is 3.34. The first-order valence-electron chi connectivity index (χ1n) is 9.20. The first-order chi connectivity index (χ1) is 13.8. The van der Waals surface area contributed by atoms with Crippen molar-refractivity contribution in [3.8, 4) is 6.07 Å². The summed E-state index contributed by atoms with van der Waals surface area (Å²) < 4.78 is 5.05. The summed E-state index contributed by atoms with van der Waals surface area (Å²) in [6, 6.07) is 9.00. The van der Waals surface area contributed by atoms with Crippen molar-refractivity contribution in [2.75, 3.05) is 20.7 Å². The molecule has 0 aromatic heterocycles. The zero-order chi connectivity index (χ0) is 20.9. The first-order valence-corrected chi connectivity index (χ1v) is 10.2. The van der Waals surface area contributed by atoms with Gasteiger partial charge < -0.3 is 9.64 Å². The summed E-state index contributed by atoms with van der Waals surface area (Å²) in [6.07, 6.45) is 0. The van der Waals surface area contributed by atoms with Crippen LogP contribution >= 0.6 is 11.8 Å². The molecule has 4 rings (SSSR count). The number of methoxy groups -OCH3 is 1. The Kier molecular flexibility index (Phi) is 4.62. The molecule has 2 amide bonds. The molecule has 2 saturated heterocycles. The molecule has 2 fully saturated rings. The highest BCUT2D eigenvalue weighted by atomic mass is 32.2. The van der Waals surface area contributed by atoms with Crippen LogP contribution in [0.4, 0.5) is 0 Å². The predicted molar refractivity (Wildman–Crippen MR) is 106 cm³/mol. The third kappa shape index (κ3) is 2.66. The Morgan fingerprint density at radius 2 is 2.03 bits per heavy atom. The Bertz CT molecular complexity index is 970. The number of rotatable bonds is 3. The molecule has 0 unspecified atom stereocenters. The Hall–Kier alpha value is -2.86. The van der Waals surface area contributed by atoms with Crippen LogP contribution in [-0.2, 0) is 24.9 Å². The van der Waals surface area contributed by atoms with Crippen molar-refractivity contribution in [3.05, 3.63) is 35.4 Å². The molecule has 0 radical (unpaired) electrons. The van der Waals surface area contributed by atoms with E-state index in [-0.39, 0.29) is 17.9 Å². The van der Waals surface area contributed by atoms with Gasteiger partial charge in [-0.15, -0.1) is 0 Å². The van der Waals surface area contributed by atoms with E-state index < -0.39 is 23.3 Å². The lowest BCUT2D eigenvalue weighted by molar-refractivity contribution is -0.156. The number of carbonyl (C=O) groups excluding carboxylic acids is 3. The number of thioether (sulfide) groups is 1. The largest absolute Gasteiger partial charge is 0.467 e. The number of fused-ring (bicyclic) bond motifs is 3. The van der Waals surface area contributed by atoms with Gasteiger partial charge in [0.25, 0.3) is 0 Å². The Morgan fingerprint density at radius 3 is 2.66 bits per heavy atom. The van der Waals surface area contributed by atoms with Gasteiger partial charge in [-0.1, -0.05) is 23.9 Å². The summed E-state index contributed by atoms with van der Waals surface area (Å²) in [5.74, 6) is -1.95. The summed E-state index contributed by atoms with van der Waals surface area (Å²) in [4.78, 5) is 45.9. The molecule has 29 heavy (non-hydrogen) atoms. The van der Waals surface area contributed by atoms with E-state index in [1.165, 1.54) is 25.9 Å². The van der Waals surface area contributed by atoms with Crippen LogP contribution < -0.4 is 0 Å². The fraction of sp³-hybridized carbons (Fsp3) is 0.450. The average molecular weight is 412 g/mol. The highest BCUT2D eigenvalue weighted by Crippen LogP contribution is 2.52. The smallest absolute Gasteiger partial charge is 0.332 e. The van der Waals surface area contributed by atoms with Gasteiger partial charge in [0.2, 0.25) is 11.8 Å². The van der Waals surface area contributed by atoms with E-state index in [9.17, 15) is 14.4 Å². The standard InChI is InChI=1S/C20H20N4O4S/c1-20(18(27)28-3)15-14(16(25)23(2)17(15)26)13-9-22-19(24(13)20)29-10-12-6-4-11(8-21)5-7-12/h4-7,13-15H,9-10H2,1-3H3/t13-,14+,15-,20-/m1/s1. The lowest BCUT2D eigenvalue weighted by Gasteiger charge is -2.37. The molecular formula is C20H20N4O4S. The third-order valence-corrected chi connectivity index (χ3v) is 7.15. The molecule has 3 aliphatic heterocycles. The van der Waals surface area contributed by atoms with E-state index in [0.717, 1.165) is 10.5 Å². The molecule has 8 nitrogen and oxygen atoms in total. The lowest BCUT2D eigenvalue weighted by atomic mass is 9.81. The molecule has 0 aliphatic carbocycles. The van der Waals surface area contributed by atoms with Crippen LogP contribution in [0.25, 0.3) is 0 Å². The first kappa shape index (κ1) is 19.5. The normalized spacial score (nSPS) is 30.1. The van der Waals surface area contributed by atoms with E-state index in [1.54, 1.807) is 19.1 Å². The maximum atomic E-state index is 12.8. The lowest BCUT2D eigenvalue weighted by Crippen LogP contribution is -2.57. The number of likely N-dealkylation sites (tertiary alicyclic amines) is 1. The van der Waals surface area contributed by atoms with Crippen LogP contribution in [0.15, 0.2) is 29.3 Å². The highest BCUT2D eigenvalue weighted by molar-refractivity contribution is 8.13. The molecular weight excluding hydrogens is 392 g/mol. The number of benzene rings is 1. The van der Waals surface area contributed by atoms with E-state index in [4.69, 9.17) is 10.00 Å². The van der Waals surface area contributed by atoms with Crippen LogP contribution in [-0.4, -0.2) is 65.0 Å². The molecule has 0 saturated carbocycles. The van der Waals surface area contributed by atoms with Crippen LogP contribution in [0.1, 0.15) is 18.1 Å². The topological polar surface area (TPSA) is 103 Å². The molecule has 1 aromatic carbocycles. The molecule has 4 atom stereocenters. The summed E-state index contributed by atoms with van der Waals surface area (Å²) in [7, 11) is 2.75. The second-order valence-electron chi connectivity index (χ2n) is 7.54. The SMILES string of the molecule is COC(=O)[C@@]1(C)[C@H]2C(=O)N(C)C(=O)[C@H]2[C@H]2CN=C(SCc3ccc(C#N)cc3)N21. The van der Waals surface area contributed by atoms with Crippen molar-refractivity contribution in [1.82, 2.24) is 9.80 Å². The fourth-order valence-electron chi connectivity index (χ4n) is 4.62. The van der Waals surface area contributed by atoms with Crippen molar-refractivity contribution >= 4 is 34.7 Å². The Morgan fingerprint density at radius 1 is 1.34 bits per heavy atom. The van der Waals surface area contributed by atoms with Crippen molar-refractivity contribution in [2.45, 2.75) is 24.3 Å². The Labute approximate surface area is 172 Å². The minimum absolute atomic E-state index is 0.267. The molecule has 150 valence electrons. The second-order valence-corrected chi connectivity index (χ2v) is 8.48. The van der Waals surface area contributed by atoms with E-state index in [1.807, 2.05) is 17.0 Å².